The summed E-state index contributed by atoms with van der Waals surface area (Å²) in [5.41, 5.74) is 0.233. The average molecular weight is 333 g/mol. The molecule has 0 aromatic heterocycles. The van der Waals surface area contributed by atoms with Crippen LogP contribution in [0.4, 0.5) is 0 Å². The Morgan fingerprint density at radius 3 is 2.67 bits per heavy atom. The zero-order chi connectivity index (χ0) is 15.8. The average Bonchev–Trinajstić information content (AvgIpc) is 2.77. The van der Waals surface area contributed by atoms with E-state index in [9.17, 15) is 13.2 Å². The quantitative estimate of drug-likeness (QED) is 0.869. The van der Waals surface area contributed by atoms with Crippen LogP contribution in [-0.4, -0.2) is 33.1 Å². The normalized spacial score (nSPS) is 22.3. The van der Waals surface area contributed by atoms with E-state index in [1.165, 1.54) is 12.1 Å². The van der Waals surface area contributed by atoms with Crippen molar-refractivity contribution < 1.29 is 17.9 Å². The lowest BCUT2D eigenvalue weighted by atomic mass is 10.00. The standard InChI is InChI=1S/C13H17ClN2O4S/c1-8-10(5-9(6-11(8)14)21(15,18)19)12(17)16-13(2)3-4-20-7-13/h5-6H,3-4,7H2,1-2H3,(H,16,17)(H2,15,18,19). The van der Waals surface area contributed by atoms with Crippen molar-refractivity contribution in [1.29, 1.82) is 0 Å². The Balaban J connectivity index is 2.38. The third-order valence-electron chi connectivity index (χ3n) is 3.53. The van der Waals surface area contributed by atoms with Gasteiger partial charge in [-0.25, -0.2) is 13.6 Å². The van der Waals surface area contributed by atoms with Gasteiger partial charge in [0, 0.05) is 17.2 Å². The number of hydrogen-bond acceptors (Lipinski definition) is 4. The van der Waals surface area contributed by atoms with Gasteiger partial charge in [-0.15, -0.1) is 0 Å². The van der Waals surface area contributed by atoms with Gasteiger partial charge in [-0.1, -0.05) is 11.6 Å². The van der Waals surface area contributed by atoms with Crippen LogP contribution in [0.2, 0.25) is 5.02 Å². The van der Waals surface area contributed by atoms with Crippen molar-refractivity contribution in [2.45, 2.75) is 30.7 Å². The molecular formula is C13H17ClN2O4S. The summed E-state index contributed by atoms with van der Waals surface area (Å²) >= 11 is 6.00. The van der Waals surface area contributed by atoms with Crippen molar-refractivity contribution in [3.05, 3.63) is 28.3 Å². The number of rotatable bonds is 3. The molecular weight excluding hydrogens is 316 g/mol. The number of ether oxygens (including phenoxy) is 1. The number of nitrogens with two attached hydrogens (primary N) is 1. The molecule has 0 saturated carbocycles. The van der Waals surface area contributed by atoms with Crippen molar-refractivity contribution in [3.63, 3.8) is 0 Å². The second kappa shape index (κ2) is 5.57. The third-order valence-corrected chi connectivity index (χ3v) is 4.81. The number of primary sulfonamides is 1. The number of sulfonamides is 1. The Hall–Kier alpha value is -1.15. The minimum Gasteiger partial charge on any atom is -0.379 e. The van der Waals surface area contributed by atoms with Crippen LogP contribution in [0.15, 0.2) is 17.0 Å². The van der Waals surface area contributed by atoms with E-state index in [1.54, 1.807) is 6.92 Å². The van der Waals surface area contributed by atoms with Crippen LogP contribution in [0.3, 0.4) is 0 Å². The van der Waals surface area contributed by atoms with E-state index in [1.807, 2.05) is 6.92 Å². The molecule has 0 aliphatic carbocycles. The molecule has 1 aliphatic heterocycles. The molecule has 0 spiro atoms. The highest BCUT2D eigenvalue weighted by Crippen LogP contribution is 2.25. The molecule has 8 heteroatoms. The predicted molar refractivity (Wildman–Crippen MR) is 78.9 cm³/mol. The minimum absolute atomic E-state index is 0.180. The Bertz CT molecular complexity index is 682. The van der Waals surface area contributed by atoms with E-state index in [-0.39, 0.29) is 15.5 Å². The molecule has 1 saturated heterocycles. The van der Waals surface area contributed by atoms with Gasteiger partial charge in [0.1, 0.15) is 0 Å². The van der Waals surface area contributed by atoms with E-state index in [0.29, 0.717) is 25.2 Å². The Morgan fingerprint density at radius 1 is 1.48 bits per heavy atom. The number of amides is 1. The van der Waals surface area contributed by atoms with Crippen LogP contribution in [-0.2, 0) is 14.8 Å². The summed E-state index contributed by atoms with van der Waals surface area (Å²) in [4.78, 5) is 12.2. The molecule has 6 nitrogen and oxygen atoms in total. The topological polar surface area (TPSA) is 98.5 Å². The molecule has 1 aromatic carbocycles. The molecule has 1 unspecified atom stereocenters. The number of halogens is 1. The van der Waals surface area contributed by atoms with Gasteiger partial charge < -0.3 is 10.1 Å². The van der Waals surface area contributed by atoms with E-state index in [0.717, 1.165) is 0 Å². The first-order chi connectivity index (χ1) is 9.62. The van der Waals surface area contributed by atoms with Crippen molar-refractivity contribution >= 4 is 27.5 Å². The van der Waals surface area contributed by atoms with Crippen LogP contribution < -0.4 is 10.5 Å². The smallest absolute Gasteiger partial charge is 0.252 e. The number of carbonyl (C=O) groups excluding carboxylic acids is 1. The van der Waals surface area contributed by atoms with Crippen molar-refractivity contribution in [2.75, 3.05) is 13.2 Å². The molecule has 1 amide bonds. The van der Waals surface area contributed by atoms with Gasteiger partial charge in [0.05, 0.1) is 17.0 Å². The molecule has 1 fully saturated rings. The van der Waals surface area contributed by atoms with Crippen LogP contribution in [0.1, 0.15) is 29.3 Å². The highest BCUT2D eigenvalue weighted by molar-refractivity contribution is 7.89. The number of hydrogen-bond donors (Lipinski definition) is 2. The van der Waals surface area contributed by atoms with Gasteiger partial charge in [-0.3, -0.25) is 4.79 Å². The molecule has 1 atom stereocenters. The van der Waals surface area contributed by atoms with Gasteiger partial charge in [-0.2, -0.15) is 0 Å². The van der Waals surface area contributed by atoms with Gasteiger partial charge in [0.25, 0.3) is 5.91 Å². The number of benzene rings is 1. The highest BCUT2D eigenvalue weighted by Gasteiger charge is 2.32. The zero-order valence-corrected chi connectivity index (χ0v) is 13.3. The summed E-state index contributed by atoms with van der Waals surface area (Å²) in [6.07, 6.45) is 0.695. The molecule has 1 aliphatic rings. The maximum atomic E-state index is 12.4. The monoisotopic (exact) mass is 332 g/mol. The van der Waals surface area contributed by atoms with E-state index in [4.69, 9.17) is 21.5 Å². The molecule has 0 radical (unpaired) electrons. The van der Waals surface area contributed by atoms with Gasteiger partial charge >= 0.3 is 0 Å². The van der Waals surface area contributed by atoms with Gasteiger partial charge in [0.15, 0.2) is 0 Å². The lowest BCUT2D eigenvalue weighted by molar-refractivity contribution is 0.0889. The van der Waals surface area contributed by atoms with E-state index in [2.05, 4.69) is 5.32 Å². The first-order valence-corrected chi connectivity index (χ1v) is 8.28. The van der Waals surface area contributed by atoms with Crippen LogP contribution in [0.5, 0.6) is 0 Å². The lowest BCUT2D eigenvalue weighted by Crippen LogP contribution is -2.46. The highest BCUT2D eigenvalue weighted by atomic mass is 35.5. The zero-order valence-electron chi connectivity index (χ0n) is 11.8. The molecule has 1 aromatic rings. The molecule has 0 bridgehead atoms. The van der Waals surface area contributed by atoms with Crippen molar-refractivity contribution in [1.82, 2.24) is 5.32 Å². The van der Waals surface area contributed by atoms with Crippen molar-refractivity contribution in [2.24, 2.45) is 5.14 Å². The summed E-state index contributed by atoms with van der Waals surface area (Å²) in [6.45, 7) is 4.52. The van der Waals surface area contributed by atoms with Crippen molar-refractivity contribution in [3.8, 4) is 0 Å². The summed E-state index contributed by atoms with van der Waals surface area (Å²) in [5.74, 6) is -0.395. The van der Waals surface area contributed by atoms with Crippen LogP contribution >= 0.6 is 11.6 Å². The van der Waals surface area contributed by atoms with Crippen LogP contribution in [0, 0.1) is 6.92 Å². The number of nitrogens with one attached hydrogen (secondary N) is 1. The Kier molecular flexibility index (Phi) is 4.30. The molecule has 116 valence electrons. The molecule has 21 heavy (non-hydrogen) atoms. The Morgan fingerprint density at radius 2 is 2.14 bits per heavy atom. The SMILES string of the molecule is Cc1c(Cl)cc(S(N)(=O)=O)cc1C(=O)NC1(C)CCOC1. The molecule has 1 heterocycles. The lowest BCUT2D eigenvalue weighted by Gasteiger charge is -2.24. The fourth-order valence-electron chi connectivity index (χ4n) is 2.16. The second-order valence-corrected chi connectivity index (χ2v) is 7.41. The fourth-order valence-corrected chi connectivity index (χ4v) is 3.01. The molecule has 2 rings (SSSR count). The summed E-state index contributed by atoms with van der Waals surface area (Å²) < 4.78 is 28.2. The third kappa shape index (κ3) is 3.55. The maximum Gasteiger partial charge on any atom is 0.252 e. The minimum atomic E-state index is -3.93. The predicted octanol–water partition coefficient (Wildman–Crippen LogP) is 1.20. The maximum absolute atomic E-state index is 12.4. The van der Waals surface area contributed by atoms with E-state index < -0.39 is 21.5 Å². The molecule has 3 N–H and O–H groups in total. The largest absolute Gasteiger partial charge is 0.379 e. The van der Waals surface area contributed by atoms with Gasteiger partial charge in [0.2, 0.25) is 10.0 Å². The Labute approximate surface area is 128 Å². The first-order valence-electron chi connectivity index (χ1n) is 6.36. The van der Waals surface area contributed by atoms with E-state index >= 15 is 0 Å². The second-order valence-electron chi connectivity index (χ2n) is 5.44. The first kappa shape index (κ1) is 16.2. The summed E-state index contributed by atoms with van der Waals surface area (Å²) in [6, 6.07) is 2.48. The van der Waals surface area contributed by atoms with Crippen LogP contribution in [0.25, 0.3) is 0 Å². The fraction of sp³-hybridized carbons (Fsp3) is 0.462. The number of carbonyl (C=O) groups is 1. The van der Waals surface area contributed by atoms with Gasteiger partial charge in [-0.05, 0) is 38.0 Å². The summed E-state index contributed by atoms with van der Waals surface area (Å²) in [5, 5.41) is 8.14. The summed E-state index contributed by atoms with van der Waals surface area (Å²) in [7, 11) is -3.93.